The van der Waals surface area contributed by atoms with E-state index in [9.17, 15) is 0 Å². The molecule has 0 bridgehead atoms. The zero-order chi connectivity index (χ0) is 53.3. The number of furan rings is 2. The van der Waals surface area contributed by atoms with Gasteiger partial charge < -0.3 is 18.6 Å². The van der Waals surface area contributed by atoms with E-state index in [1.54, 1.807) is 0 Å². The van der Waals surface area contributed by atoms with Gasteiger partial charge in [-0.2, -0.15) is 0 Å². The molecule has 0 amide bonds. The molecule has 0 radical (unpaired) electrons. The molecule has 2 aliphatic rings. The molecule has 0 unspecified atom stereocenters. The van der Waals surface area contributed by atoms with E-state index in [0.717, 1.165) is 83.8 Å². The van der Waals surface area contributed by atoms with E-state index in [1.807, 2.05) is 0 Å². The summed E-state index contributed by atoms with van der Waals surface area (Å²) in [4.78, 5) is 5.02. The average Bonchev–Trinajstić information content (AvgIpc) is 4.04. The number of nitrogens with zero attached hydrogens (tertiary/aromatic N) is 3. The Balaban J connectivity index is 1.20. The first-order chi connectivity index (χ1) is 35.8. The van der Waals surface area contributed by atoms with Gasteiger partial charge in [0.15, 0.2) is 5.58 Å². The van der Waals surface area contributed by atoms with Crippen molar-refractivity contribution in [3.63, 3.8) is 0 Å². The van der Waals surface area contributed by atoms with Gasteiger partial charge in [0, 0.05) is 50.0 Å². The lowest BCUT2D eigenvalue weighted by Gasteiger charge is -2.42. The Morgan fingerprint density at radius 3 is 1.58 bits per heavy atom. The van der Waals surface area contributed by atoms with E-state index in [0.29, 0.717) is 0 Å². The maximum absolute atomic E-state index is 7.25. The van der Waals surface area contributed by atoms with E-state index in [4.69, 9.17) is 8.83 Å². The van der Waals surface area contributed by atoms with Gasteiger partial charge in [0.2, 0.25) is 5.71 Å². The van der Waals surface area contributed by atoms with E-state index < -0.39 is 0 Å². The molecular weight excluding hydrogens is 926 g/mol. The third kappa shape index (κ3) is 7.33. The molecule has 3 aromatic heterocycles. The summed E-state index contributed by atoms with van der Waals surface area (Å²) in [5.74, 6) is 0. The fourth-order valence-electron chi connectivity index (χ4n) is 12.3. The molecule has 0 atom stereocenters. The molecule has 0 N–H and O–H groups in total. The van der Waals surface area contributed by atoms with Gasteiger partial charge in [-0.25, -0.2) is 0 Å². The van der Waals surface area contributed by atoms with Gasteiger partial charge in [-0.15, -0.1) is 0 Å². The molecule has 0 spiro atoms. The first-order valence-corrected chi connectivity index (χ1v) is 27.4. The number of aromatic nitrogens is 1. The minimum Gasteiger partial charge on any atom is -0.454 e. The van der Waals surface area contributed by atoms with Gasteiger partial charge in [-0.1, -0.05) is 189 Å². The fraction of sp³-hybridized carbons (Fsp3) is 0.286. The quantitative estimate of drug-likeness (QED) is 0.165. The fourth-order valence-corrected chi connectivity index (χ4v) is 12.3. The zero-order valence-corrected chi connectivity index (χ0v) is 47.2. The summed E-state index contributed by atoms with van der Waals surface area (Å²) in [6, 6.07) is 57.8. The number of para-hydroxylation sites is 2. The molecule has 6 heteroatoms. The van der Waals surface area contributed by atoms with Crippen LogP contribution < -0.4 is 26.2 Å². The minimum atomic E-state index is -0.124. The summed E-state index contributed by atoms with van der Waals surface area (Å²) in [5.41, 5.74) is 22.3. The SMILES string of the molecule is CC(C)(C)c1ccc(N(c2ccc(C(C)(C)C)cc2)c2cc3c4c(c2)-n2c5oc6ccccc6c5c5cc(C(C)(C)C)cc(c52)B4c2ccc(C(C)(C)C)cc2N3c2cccc3c2oc2cc(C(C)(C)C)ccc23)cc1. The monoisotopic (exact) mass is 996 g/mol. The lowest BCUT2D eigenvalue weighted by Crippen LogP contribution is -2.60. The summed E-state index contributed by atoms with van der Waals surface area (Å²) in [6.07, 6.45) is 0. The number of fused-ring (bicyclic) bond motifs is 12. The van der Waals surface area contributed by atoms with Crippen LogP contribution in [0.5, 0.6) is 0 Å². The van der Waals surface area contributed by atoms with E-state index in [1.165, 1.54) is 55.1 Å². The molecule has 11 aromatic rings. The van der Waals surface area contributed by atoms with Crippen molar-refractivity contribution in [3.8, 4) is 5.69 Å². The molecular formula is C70H70BN3O2. The Kier molecular flexibility index (Phi) is 10.2. The Morgan fingerprint density at radius 1 is 0.382 bits per heavy atom. The van der Waals surface area contributed by atoms with Crippen LogP contribution in [0.25, 0.3) is 60.6 Å². The van der Waals surface area contributed by atoms with Gasteiger partial charge in [-0.3, -0.25) is 4.57 Å². The Labute approximate surface area is 449 Å². The van der Waals surface area contributed by atoms with E-state index >= 15 is 0 Å². The van der Waals surface area contributed by atoms with Crippen molar-refractivity contribution in [2.24, 2.45) is 0 Å². The number of anilines is 6. The lowest BCUT2D eigenvalue weighted by atomic mass is 9.33. The van der Waals surface area contributed by atoms with E-state index in [2.05, 4.69) is 270 Å². The zero-order valence-electron chi connectivity index (χ0n) is 47.2. The molecule has 0 saturated heterocycles. The smallest absolute Gasteiger partial charge is 0.252 e. The Hall–Kier alpha value is -7.44. The van der Waals surface area contributed by atoms with Crippen molar-refractivity contribution in [3.05, 3.63) is 179 Å². The molecule has 5 heterocycles. The van der Waals surface area contributed by atoms with Crippen LogP contribution in [-0.2, 0) is 27.1 Å². The van der Waals surface area contributed by atoms with Crippen LogP contribution in [-0.4, -0.2) is 11.3 Å². The summed E-state index contributed by atoms with van der Waals surface area (Å²) in [6.45, 7) is 34.5. The van der Waals surface area contributed by atoms with Crippen molar-refractivity contribution in [1.82, 2.24) is 4.57 Å². The maximum Gasteiger partial charge on any atom is 0.252 e. The number of rotatable bonds is 4. The van der Waals surface area contributed by atoms with E-state index in [-0.39, 0.29) is 33.8 Å². The van der Waals surface area contributed by atoms with Crippen LogP contribution in [0.2, 0.25) is 0 Å². The second-order valence-corrected chi connectivity index (χ2v) is 27.2. The summed E-state index contributed by atoms with van der Waals surface area (Å²) < 4.78 is 16.9. The van der Waals surface area contributed by atoms with Crippen molar-refractivity contribution >= 4 is 112 Å². The molecule has 8 aromatic carbocycles. The highest BCUT2D eigenvalue weighted by molar-refractivity contribution is 7.00. The van der Waals surface area contributed by atoms with Gasteiger partial charge in [0.05, 0.1) is 22.3 Å². The Bertz CT molecular complexity index is 4130. The number of hydrogen-bond donors (Lipinski definition) is 0. The minimum absolute atomic E-state index is 0.00744. The summed E-state index contributed by atoms with van der Waals surface area (Å²) in [5, 5.41) is 5.74. The van der Waals surface area contributed by atoms with Crippen LogP contribution in [0, 0.1) is 0 Å². The van der Waals surface area contributed by atoms with Gasteiger partial charge in [-0.05, 0) is 138 Å². The second kappa shape index (κ2) is 16.1. The normalized spacial score (nSPS) is 13.9. The molecule has 76 heavy (non-hydrogen) atoms. The lowest BCUT2D eigenvalue weighted by molar-refractivity contribution is 0.587. The highest BCUT2D eigenvalue weighted by atomic mass is 16.3. The predicted molar refractivity (Wildman–Crippen MR) is 325 cm³/mol. The Morgan fingerprint density at radius 2 is 0.947 bits per heavy atom. The first kappa shape index (κ1) is 48.2. The molecule has 0 saturated carbocycles. The number of benzene rings is 8. The van der Waals surface area contributed by atoms with Crippen LogP contribution >= 0.6 is 0 Å². The van der Waals surface area contributed by atoms with Crippen LogP contribution in [0.1, 0.15) is 132 Å². The van der Waals surface area contributed by atoms with Crippen LogP contribution in [0.4, 0.5) is 34.1 Å². The highest BCUT2D eigenvalue weighted by Gasteiger charge is 2.45. The van der Waals surface area contributed by atoms with Crippen LogP contribution in [0.15, 0.2) is 160 Å². The molecule has 0 aliphatic carbocycles. The van der Waals surface area contributed by atoms with Gasteiger partial charge in [0.25, 0.3) is 6.71 Å². The van der Waals surface area contributed by atoms with Crippen molar-refractivity contribution in [2.75, 3.05) is 9.80 Å². The predicted octanol–water partition coefficient (Wildman–Crippen LogP) is 18.0. The van der Waals surface area contributed by atoms with Crippen molar-refractivity contribution in [2.45, 2.75) is 131 Å². The summed E-state index contributed by atoms with van der Waals surface area (Å²) >= 11 is 0. The van der Waals surface area contributed by atoms with Crippen molar-refractivity contribution in [1.29, 1.82) is 0 Å². The maximum atomic E-state index is 7.25. The highest BCUT2D eigenvalue weighted by Crippen LogP contribution is 2.50. The topological polar surface area (TPSA) is 37.7 Å². The van der Waals surface area contributed by atoms with Crippen LogP contribution in [0.3, 0.4) is 0 Å². The average molecular weight is 996 g/mol. The third-order valence-electron chi connectivity index (χ3n) is 16.8. The molecule has 2 aliphatic heterocycles. The first-order valence-electron chi connectivity index (χ1n) is 27.4. The standard InChI is InChI=1S/C70H70BN3O2/c1-66(2,3)41-23-29-46(30-24-41)72(47-31-25-42(26-32-47)67(4,5)6)48-39-57-62-58(40-48)74-63-52(61-51-19-16-17-22-59(51)76-65(61)74)35-45(70(13,14)15)36-54(63)71(62)53-34-28-43(68(7,8)9)37-56(53)73(57)55-21-18-20-50-49-33-27-44(69(10,11)12)38-60(49)75-64(50)55/h16-40H,1-15H3. The van der Waals surface area contributed by atoms with Gasteiger partial charge in [0.1, 0.15) is 11.2 Å². The molecule has 0 fully saturated rings. The van der Waals surface area contributed by atoms with Crippen molar-refractivity contribution < 1.29 is 8.83 Å². The molecule has 5 nitrogen and oxygen atoms in total. The largest absolute Gasteiger partial charge is 0.454 e. The molecule has 13 rings (SSSR count). The summed E-state index contributed by atoms with van der Waals surface area (Å²) in [7, 11) is 0. The molecule has 380 valence electrons. The third-order valence-corrected chi connectivity index (χ3v) is 16.8. The second-order valence-electron chi connectivity index (χ2n) is 27.2. The van der Waals surface area contributed by atoms with Gasteiger partial charge >= 0.3 is 0 Å². The number of hydrogen-bond acceptors (Lipinski definition) is 4.